The van der Waals surface area contributed by atoms with E-state index in [1.807, 2.05) is 19.9 Å². The first kappa shape index (κ1) is 9.00. The number of hydrogen-bond donors (Lipinski definition) is 1. The van der Waals surface area contributed by atoms with Gasteiger partial charge >= 0.3 is 4.87 Å². The van der Waals surface area contributed by atoms with Crippen LogP contribution in [0.4, 0.5) is 0 Å². The van der Waals surface area contributed by atoms with Crippen molar-refractivity contribution in [3.63, 3.8) is 0 Å². The van der Waals surface area contributed by atoms with E-state index in [-0.39, 0.29) is 4.87 Å². The molecule has 1 N–H and O–H groups in total. The van der Waals surface area contributed by atoms with Crippen molar-refractivity contribution < 1.29 is 0 Å². The lowest BCUT2D eigenvalue weighted by Crippen LogP contribution is -1.91. The summed E-state index contributed by atoms with van der Waals surface area (Å²) in [4.78, 5) is 14.6. The summed E-state index contributed by atoms with van der Waals surface area (Å²) >= 11 is 1.18. The minimum Gasteiger partial charge on any atom is -0.312 e. The Balaban J connectivity index is 3.22. The Morgan fingerprint density at radius 1 is 1.58 bits per heavy atom. The highest BCUT2D eigenvalue weighted by Gasteiger charge is 2.00. The van der Waals surface area contributed by atoms with Gasteiger partial charge in [0, 0.05) is 0 Å². The van der Waals surface area contributed by atoms with Crippen LogP contribution in [0.5, 0.6) is 0 Å². The van der Waals surface area contributed by atoms with Gasteiger partial charge in [0.1, 0.15) is 0 Å². The van der Waals surface area contributed by atoms with E-state index in [1.54, 1.807) is 6.08 Å². The molecule has 1 rings (SSSR count). The molecule has 0 atom stereocenters. The Morgan fingerprint density at radius 2 is 2.25 bits per heavy atom. The second-order valence-electron chi connectivity index (χ2n) is 2.72. The van der Waals surface area contributed by atoms with Crippen LogP contribution in [-0.4, -0.2) is 4.98 Å². The highest BCUT2D eigenvalue weighted by Crippen LogP contribution is 2.13. The van der Waals surface area contributed by atoms with Gasteiger partial charge in [-0.3, -0.25) is 4.79 Å². The molecule has 0 saturated heterocycles. The summed E-state index contributed by atoms with van der Waals surface area (Å²) in [5, 5.41) is 0. The zero-order valence-corrected chi connectivity index (χ0v) is 7.99. The molecule has 2 nitrogen and oxygen atoms in total. The SMILES string of the molecule is C=Cc1sc(=O)[nH]c1C=C(C)C. The maximum absolute atomic E-state index is 10.9. The normalized spacial score (nSPS) is 9.50. The van der Waals surface area contributed by atoms with Gasteiger partial charge in [0.15, 0.2) is 0 Å². The van der Waals surface area contributed by atoms with Crippen LogP contribution < -0.4 is 4.87 Å². The van der Waals surface area contributed by atoms with E-state index in [4.69, 9.17) is 0 Å². The Kier molecular flexibility index (Phi) is 2.65. The molecule has 0 aliphatic carbocycles. The molecule has 12 heavy (non-hydrogen) atoms. The standard InChI is InChI=1S/C9H11NOS/c1-4-8-7(5-6(2)3)10-9(11)12-8/h4-5H,1H2,2-3H3,(H,10,11). The van der Waals surface area contributed by atoms with Gasteiger partial charge in [-0.1, -0.05) is 23.5 Å². The number of aromatic amines is 1. The number of aromatic nitrogens is 1. The lowest BCUT2D eigenvalue weighted by molar-refractivity contribution is 1.29. The molecule has 0 amide bonds. The summed E-state index contributed by atoms with van der Waals surface area (Å²) in [6.07, 6.45) is 3.63. The molecule has 0 saturated carbocycles. The van der Waals surface area contributed by atoms with Crippen LogP contribution >= 0.6 is 11.3 Å². The van der Waals surface area contributed by atoms with Gasteiger partial charge in [0.05, 0.1) is 10.6 Å². The van der Waals surface area contributed by atoms with Gasteiger partial charge < -0.3 is 4.98 Å². The number of hydrogen-bond acceptors (Lipinski definition) is 2. The molecule has 3 heteroatoms. The Labute approximate surface area is 75.3 Å². The van der Waals surface area contributed by atoms with Crippen LogP contribution in [-0.2, 0) is 0 Å². The lowest BCUT2D eigenvalue weighted by atomic mass is 10.2. The van der Waals surface area contributed by atoms with Crippen LogP contribution in [0.2, 0.25) is 0 Å². The minimum atomic E-state index is -0.0302. The van der Waals surface area contributed by atoms with Crippen LogP contribution in [0, 0.1) is 0 Å². The largest absolute Gasteiger partial charge is 0.312 e. The Morgan fingerprint density at radius 3 is 2.75 bits per heavy atom. The molecular formula is C9H11NOS. The second kappa shape index (κ2) is 3.54. The summed E-state index contributed by atoms with van der Waals surface area (Å²) in [5.41, 5.74) is 2.02. The van der Waals surface area contributed by atoms with Crippen molar-refractivity contribution in [2.75, 3.05) is 0 Å². The smallest absolute Gasteiger partial charge is 0.305 e. The van der Waals surface area contributed by atoms with Gasteiger partial charge in [-0.05, 0) is 26.0 Å². The molecule has 1 aromatic rings. The summed E-state index contributed by atoms with van der Waals surface area (Å²) in [7, 11) is 0. The molecule has 0 fully saturated rings. The number of allylic oxidation sites excluding steroid dienone is 1. The van der Waals surface area contributed by atoms with Crippen molar-refractivity contribution in [3.05, 3.63) is 32.4 Å². The van der Waals surface area contributed by atoms with Gasteiger partial charge in [-0.2, -0.15) is 0 Å². The molecule has 0 spiro atoms. The Bertz CT molecular complexity index is 366. The van der Waals surface area contributed by atoms with E-state index >= 15 is 0 Å². The maximum Gasteiger partial charge on any atom is 0.305 e. The van der Waals surface area contributed by atoms with Gasteiger partial charge in [-0.15, -0.1) is 0 Å². The zero-order chi connectivity index (χ0) is 9.14. The highest BCUT2D eigenvalue weighted by atomic mass is 32.1. The summed E-state index contributed by atoms with van der Waals surface area (Å²) in [6.45, 7) is 7.61. The first-order chi connectivity index (χ1) is 5.63. The van der Waals surface area contributed by atoms with E-state index < -0.39 is 0 Å². The van der Waals surface area contributed by atoms with Gasteiger partial charge in [0.25, 0.3) is 0 Å². The van der Waals surface area contributed by atoms with Crippen molar-refractivity contribution in [3.8, 4) is 0 Å². The fourth-order valence-corrected chi connectivity index (χ4v) is 1.56. The molecule has 1 aromatic heterocycles. The summed E-state index contributed by atoms with van der Waals surface area (Å²) in [5.74, 6) is 0. The lowest BCUT2D eigenvalue weighted by Gasteiger charge is -1.90. The number of thiazole rings is 1. The molecule has 0 aliphatic heterocycles. The topological polar surface area (TPSA) is 32.9 Å². The third-order valence-electron chi connectivity index (χ3n) is 1.32. The maximum atomic E-state index is 10.9. The van der Waals surface area contributed by atoms with Crippen molar-refractivity contribution in [2.45, 2.75) is 13.8 Å². The van der Waals surface area contributed by atoms with Gasteiger partial charge in [-0.25, -0.2) is 0 Å². The van der Waals surface area contributed by atoms with E-state index in [2.05, 4.69) is 11.6 Å². The quantitative estimate of drug-likeness (QED) is 0.747. The molecule has 0 aromatic carbocycles. The Hall–Kier alpha value is -1.09. The van der Waals surface area contributed by atoms with Crippen LogP contribution in [0.3, 0.4) is 0 Å². The van der Waals surface area contributed by atoms with Crippen LogP contribution in [0.25, 0.3) is 12.2 Å². The number of rotatable bonds is 2. The predicted molar refractivity (Wildman–Crippen MR) is 54.4 cm³/mol. The molecular weight excluding hydrogens is 170 g/mol. The first-order valence-electron chi connectivity index (χ1n) is 3.64. The molecule has 0 bridgehead atoms. The van der Waals surface area contributed by atoms with Crippen molar-refractivity contribution in [1.82, 2.24) is 4.98 Å². The fourth-order valence-electron chi connectivity index (χ4n) is 0.899. The van der Waals surface area contributed by atoms with Gasteiger partial charge in [0.2, 0.25) is 0 Å². The van der Waals surface area contributed by atoms with Crippen LogP contribution in [0.15, 0.2) is 16.9 Å². The molecule has 0 aliphatic rings. The molecule has 0 unspecified atom stereocenters. The monoisotopic (exact) mass is 181 g/mol. The third-order valence-corrected chi connectivity index (χ3v) is 2.22. The summed E-state index contributed by atoms with van der Waals surface area (Å²) < 4.78 is 0. The average Bonchev–Trinajstić information content (AvgIpc) is 2.29. The second-order valence-corrected chi connectivity index (χ2v) is 3.73. The minimum absolute atomic E-state index is 0.0302. The fraction of sp³-hybridized carbons (Fsp3) is 0.222. The number of H-pyrrole nitrogens is 1. The van der Waals surface area contributed by atoms with Crippen molar-refractivity contribution in [2.24, 2.45) is 0 Å². The molecule has 64 valence electrons. The zero-order valence-electron chi connectivity index (χ0n) is 7.18. The first-order valence-corrected chi connectivity index (χ1v) is 4.45. The summed E-state index contributed by atoms with van der Waals surface area (Å²) in [6, 6.07) is 0. The van der Waals surface area contributed by atoms with E-state index in [1.165, 1.54) is 11.3 Å². The molecule has 0 radical (unpaired) electrons. The number of nitrogens with one attached hydrogen (secondary N) is 1. The predicted octanol–water partition coefficient (Wildman–Crippen LogP) is 2.50. The van der Waals surface area contributed by atoms with Crippen LogP contribution in [0.1, 0.15) is 24.4 Å². The van der Waals surface area contributed by atoms with E-state index in [9.17, 15) is 4.79 Å². The highest BCUT2D eigenvalue weighted by molar-refractivity contribution is 7.10. The van der Waals surface area contributed by atoms with E-state index in [0.717, 1.165) is 16.1 Å². The molecule has 1 heterocycles. The van der Waals surface area contributed by atoms with Crippen molar-refractivity contribution >= 4 is 23.5 Å². The third kappa shape index (κ3) is 1.95. The van der Waals surface area contributed by atoms with E-state index in [0.29, 0.717) is 0 Å². The average molecular weight is 181 g/mol. The van der Waals surface area contributed by atoms with Crippen molar-refractivity contribution in [1.29, 1.82) is 0 Å².